The highest BCUT2D eigenvalue weighted by Gasteiger charge is 2.14. The molecule has 0 aliphatic rings. The van der Waals surface area contributed by atoms with Crippen LogP contribution < -0.4 is 5.48 Å². The van der Waals surface area contributed by atoms with Gasteiger partial charge in [0, 0.05) is 18.0 Å². The normalized spacial score (nSPS) is 10.2. The number of hydroxylamine groups is 1. The van der Waals surface area contributed by atoms with E-state index in [-0.39, 0.29) is 0 Å². The van der Waals surface area contributed by atoms with Gasteiger partial charge < -0.3 is 0 Å². The Bertz CT molecular complexity index is 530. The molecule has 2 heterocycles. The zero-order valence-corrected chi connectivity index (χ0v) is 11.2. The maximum Gasteiger partial charge on any atom is 0.151 e. The molecule has 0 aromatic carbocycles. The van der Waals surface area contributed by atoms with Gasteiger partial charge in [0.25, 0.3) is 0 Å². The van der Waals surface area contributed by atoms with E-state index in [4.69, 9.17) is 28.7 Å². The minimum absolute atomic E-state index is 0.364. The maximum absolute atomic E-state index is 6.02. The second kappa shape index (κ2) is 5.50. The number of nitrogens with zero attached hydrogens (tertiary/aromatic N) is 2. The lowest BCUT2D eigenvalue weighted by Crippen LogP contribution is -2.19. The van der Waals surface area contributed by atoms with Gasteiger partial charge in [-0.15, -0.1) is 11.3 Å². The Kier molecular flexibility index (Phi) is 4.01. The summed E-state index contributed by atoms with van der Waals surface area (Å²) < 4.78 is 0. The van der Waals surface area contributed by atoms with Crippen LogP contribution in [0, 0.1) is 0 Å². The zero-order chi connectivity index (χ0) is 12.3. The van der Waals surface area contributed by atoms with Crippen LogP contribution in [0.25, 0.3) is 10.6 Å². The van der Waals surface area contributed by atoms with Gasteiger partial charge in [-0.1, -0.05) is 23.8 Å². The second-order valence-electron chi connectivity index (χ2n) is 3.02. The molecule has 0 aliphatic heterocycles. The first-order valence-electron chi connectivity index (χ1n) is 4.62. The Morgan fingerprint density at radius 1 is 1.59 bits per heavy atom. The number of nitrogens with one attached hydrogen (secondary N) is 1. The van der Waals surface area contributed by atoms with E-state index in [0.717, 1.165) is 10.6 Å². The van der Waals surface area contributed by atoms with Gasteiger partial charge in [-0.25, -0.2) is 4.98 Å². The first-order valence-corrected chi connectivity index (χ1v) is 6.22. The van der Waals surface area contributed by atoms with Gasteiger partial charge in [-0.05, 0) is 12.1 Å². The molecule has 17 heavy (non-hydrogen) atoms. The molecule has 0 fully saturated rings. The standard InChI is InChI=1S/C10H8ClN3OS2/c1-15-14-9(16)7-8(11)13-10(17-7)6-3-2-4-12-5-6/h2-5H,1H3,(H,14,16). The van der Waals surface area contributed by atoms with E-state index in [1.54, 1.807) is 12.4 Å². The van der Waals surface area contributed by atoms with Gasteiger partial charge >= 0.3 is 0 Å². The third-order valence-electron chi connectivity index (χ3n) is 1.90. The fourth-order valence-corrected chi connectivity index (χ4v) is 2.73. The van der Waals surface area contributed by atoms with Crippen LogP contribution in [0.2, 0.25) is 5.15 Å². The largest absolute Gasteiger partial charge is 0.279 e. The number of rotatable bonds is 3. The Morgan fingerprint density at radius 2 is 2.41 bits per heavy atom. The summed E-state index contributed by atoms with van der Waals surface area (Å²) in [5.41, 5.74) is 3.48. The van der Waals surface area contributed by atoms with Gasteiger partial charge in [-0.3, -0.25) is 15.3 Å². The molecular weight excluding hydrogens is 278 g/mol. The van der Waals surface area contributed by atoms with Crippen molar-refractivity contribution in [2.75, 3.05) is 7.11 Å². The number of thiazole rings is 1. The lowest BCUT2D eigenvalue weighted by Gasteiger charge is -2.00. The molecule has 2 rings (SSSR count). The average Bonchev–Trinajstić information content (AvgIpc) is 2.73. The predicted octanol–water partition coefficient (Wildman–Crippen LogP) is 2.69. The Labute approximate surface area is 113 Å². The fraction of sp³-hybridized carbons (Fsp3) is 0.100. The number of hydrogen-bond donors (Lipinski definition) is 1. The van der Waals surface area contributed by atoms with E-state index in [9.17, 15) is 0 Å². The van der Waals surface area contributed by atoms with Crippen LogP contribution in [-0.4, -0.2) is 22.1 Å². The molecular formula is C10H8ClN3OS2. The molecule has 0 unspecified atom stereocenters. The molecule has 7 heteroatoms. The van der Waals surface area contributed by atoms with Crippen molar-refractivity contribution in [3.8, 4) is 10.6 Å². The molecule has 2 aromatic rings. The minimum Gasteiger partial charge on any atom is -0.279 e. The molecule has 0 bridgehead atoms. The summed E-state index contributed by atoms with van der Waals surface area (Å²) in [6.45, 7) is 0. The molecule has 0 spiro atoms. The highest BCUT2D eigenvalue weighted by Crippen LogP contribution is 2.30. The highest BCUT2D eigenvalue weighted by atomic mass is 35.5. The zero-order valence-electron chi connectivity index (χ0n) is 8.81. The Balaban J connectivity index is 2.34. The number of aromatic nitrogens is 2. The highest BCUT2D eigenvalue weighted by molar-refractivity contribution is 7.81. The van der Waals surface area contributed by atoms with Crippen LogP contribution in [0.1, 0.15) is 4.88 Å². The molecule has 88 valence electrons. The van der Waals surface area contributed by atoms with Crippen molar-refractivity contribution in [3.63, 3.8) is 0 Å². The van der Waals surface area contributed by atoms with Gasteiger partial charge in [0.05, 0.1) is 7.11 Å². The van der Waals surface area contributed by atoms with Crippen molar-refractivity contribution in [3.05, 3.63) is 34.6 Å². The van der Waals surface area contributed by atoms with Gasteiger partial charge in [-0.2, -0.15) is 0 Å². The molecule has 4 nitrogen and oxygen atoms in total. The van der Waals surface area contributed by atoms with Crippen LogP contribution in [0.4, 0.5) is 0 Å². The van der Waals surface area contributed by atoms with Crippen molar-refractivity contribution < 1.29 is 4.84 Å². The van der Waals surface area contributed by atoms with Crippen LogP contribution in [0.5, 0.6) is 0 Å². The van der Waals surface area contributed by atoms with Crippen LogP contribution >= 0.6 is 35.2 Å². The maximum atomic E-state index is 6.02. The molecule has 0 saturated carbocycles. The summed E-state index contributed by atoms with van der Waals surface area (Å²) in [7, 11) is 1.49. The Morgan fingerprint density at radius 3 is 3.06 bits per heavy atom. The first kappa shape index (κ1) is 12.4. The van der Waals surface area contributed by atoms with Gasteiger partial charge in [0.1, 0.15) is 14.9 Å². The Hall–Kier alpha value is -1.08. The average molecular weight is 286 g/mol. The lowest BCUT2D eigenvalue weighted by molar-refractivity contribution is 0.147. The smallest absolute Gasteiger partial charge is 0.151 e. The third-order valence-corrected chi connectivity index (χ3v) is 3.82. The van der Waals surface area contributed by atoms with Crippen molar-refractivity contribution in [1.82, 2.24) is 15.4 Å². The summed E-state index contributed by atoms with van der Waals surface area (Å²) in [4.78, 5) is 14.1. The third kappa shape index (κ3) is 2.78. The summed E-state index contributed by atoms with van der Waals surface area (Å²) in [6, 6.07) is 3.76. The molecule has 0 atom stereocenters. The topological polar surface area (TPSA) is 47.0 Å². The monoisotopic (exact) mass is 285 g/mol. The van der Waals surface area contributed by atoms with Crippen LogP contribution in [0.15, 0.2) is 24.5 Å². The summed E-state index contributed by atoms with van der Waals surface area (Å²) in [5.74, 6) is 0. The SMILES string of the molecule is CONC(=S)c1sc(-c2cccnc2)nc1Cl. The summed E-state index contributed by atoms with van der Waals surface area (Å²) in [6.07, 6.45) is 3.43. The van der Waals surface area contributed by atoms with E-state index in [1.165, 1.54) is 18.4 Å². The summed E-state index contributed by atoms with van der Waals surface area (Å²) >= 11 is 12.5. The number of hydrogen-bond acceptors (Lipinski definition) is 5. The fourth-order valence-electron chi connectivity index (χ4n) is 1.19. The van der Waals surface area contributed by atoms with Crippen LogP contribution in [-0.2, 0) is 4.84 Å². The predicted molar refractivity (Wildman–Crippen MR) is 72.2 cm³/mol. The molecule has 2 aromatic heterocycles. The lowest BCUT2D eigenvalue weighted by atomic mass is 10.3. The molecule has 0 aliphatic carbocycles. The summed E-state index contributed by atoms with van der Waals surface area (Å²) in [5, 5.41) is 1.14. The molecule has 0 saturated heterocycles. The first-order chi connectivity index (χ1) is 8.22. The number of pyridine rings is 1. The van der Waals surface area contributed by atoms with E-state index in [1.807, 2.05) is 12.1 Å². The van der Waals surface area contributed by atoms with Crippen LogP contribution in [0.3, 0.4) is 0 Å². The van der Waals surface area contributed by atoms with Gasteiger partial charge in [0.15, 0.2) is 5.15 Å². The van der Waals surface area contributed by atoms with Crippen molar-refractivity contribution >= 4 is 40.1 Å². The number of halogens is 1. The van der Waals surface area contributed by atoms with Gasteiger partial charge in [0.2, 0.25) is 0 Å². The van der Waals surface area contributed by atoms with E-state index < -0.39 is 0 Å². The minimum atomic E-state index is 0.364. The second-order valence-corrected chi connectivity index (χ2v) is 4.78. The number of thiocarbonyl (C=S) groups is 1. The van der Waals surface area contributed by atoms with E-state index in [2.05, 4.69) is 15.4 Å². The van der Waals surface area contributed by atoms with Crippen molar-refractivity contribution in [2.24, 2.45) is 0 Å². The molecule has 0 amide bonds. The van der Waals surface area contributed by atoms with E-state index >= 15 is 0 Å². The quantitative estimate of drug-likeness (QED) is 0.694. The molecule has 0 radical (unpaired) electrons. The van der Waals surface area contributed by atoms with Crippen molar-refractivity contribution in [2.45, 2.75) is 0 Å². The van der Waals surface area contributed by atoms with Crippen molar-refractivity contribution in [1.29, 1.82) is 0 Å². The van der Waals surface area contributed by atoms with E-state index in [0.29, 0.717) is 15.0 Å². The molecule has 1 N–H and O–H groups in total.